The van der Waals surface area contributed by atoms with Crippen molar-refractivity contribution in [2.75, 3.05) is 37.6 Å². The molecule has 2 aromatic rings. The van der Waals surface area contributed by atoms with Crippen molar-refractivity contribution in [3.63, 3.8) is 0 Å². The van der Waals surface area contributed by atoms with Gasteiger partial charge in [0.1, 0.15) is 4.90 Å². The Hall–Kier alpha value is -2.39. The van der Waals surface area contributed by atoms with Crippen LogP contribution in [-0.4, -0.2) is 72.1 Å². The van der Waals surface area contributed by atoms with Gasteiger partial charge in [0.05, 0.1) is 17.9 Å². The molecule has 0 radical (unpaired) electrons. The zero-order chi connectivity index (χ0) is 24.5. The highest BCUT2D eigenvalue weighted by Gasteiger charge is 2.32. The van der Waals surface area contributed by atoms with E-state index >= 15 is 0 Å². The van der Waals surface area contributed by atoms with Gasteiger partial charge in [0, 0.05) is 50.9 Å². The molecular weight excluding hydrogens is 450 g/mol. The predicted octanol–water partition coefficient (Wildman–Crippen LogP) is 3.11. The maximum atomic E-state index is 13.2. The number of piperidine rings is 1. The third-order valence-corrected chi connectivity index (χ3v) is 9.23. The summed E-state index contributed by atoms with van der Waals surface area (Å²) < 4.78 is 29.7. The van der Waals surface area contributed by atoms with Gasteiger partial charge in [-0.25, -0.2) is 8.42 Å². The van der Waals surface area contributed by atoms with Crippen LogP contribution in [0.25, 0.3) is 0 Å². The summed E-state index contributed by atoms with van der Waals surface area (Å²) in [5, 5.41) is 4.50. The van der Waals surface area contributed by atoms with E-state index in [9.17, 15) is 13.2 Å². The standard InChI is InChI=1S/C25H37N5O3S/c1-19-9-8-10-23(17-19)29-16-15-27(18-20(29)2)24(31)11-14-30-22(4)25(21(3)26-30)34(32,33)28-12-6-5-7-13-28/h8-10,17,20H,5-7,11-16,18H2,1-4H3/t20-/m1/s1. The van der Waals surface area contributed by atoms with Crippen molar-refractivity contribution >= 4 is 21.6 Å². The second kappa shape index (κ2) is 10.1. The topological polar surface area (TPSA) is 78.8 Å². The number of aromatic nitrogens is 2. The Labute approximate surface area is 203 Å². The molecule has 0 saturated carbocycles. The molecule has 0 N–H and O–H groups in total. The number of carbonyl (C=O) groups excluding carboxylic acids is 1. The van der Waals surface area contributed by atoms with E-state index in [1.807, 2.05) is 4.90 Å². The number of carbonyl (C=O) groups is 1. The van der Waals surface area contributed by atoms with E-state index in [4.69, 9.17) is 0 Å². The van der Waals surface area contributed by atoms with Gasteiger partial charge in [0.15, 0.2) is 0 Å². The molecule has 1 amide bonds. The number of benzene rings is 1. The van der Waals surface area contributed by atoms with Crippen LogP contribution in [-0.2, 0) is 21.4 Å². The normalized spacial score (nSPS) is 20.1. The van der Waals surface area contributed by atoms with Crippen LogP contribution in [0.2, 0.25) is 0 Å². The molecule has 2 fully saturated rings. The largest absolute Gasteiger partial charge is 0.365 e. The molecule has 0 spiro atoms. The number of piperazine rings is 1. The lowest BCUT2D eigenvalue weighted by atomic mass is 10.1. The van der Waals surface area contributed by atoms with Gasteiger partial charge in [-0.2, -0.15) is 9.40 Å². The van der Waals surface area contributed by atoms with Crippen molar-refractivity contribution in [1.29, 1.82) is 0 Å². The molecule has 4 rings (SSSR count). The minimum Gasteiger partial charge on any atom is -0.365 e. The Balaban J connectivity index is 1.39. The van der Waals surface area contributed by atoms with Gasteiger partial charge in [0.2, 0.25) is 15.9 Å². The molecular formula is C25H37N5O3S. The molecule has 2 saturated heterocycles. The fourth-order valence-electron chi connectivity index (χ4n) is 5.24. The van der Waals surface area contributed by atoms with Crippen LogP contribution < -0.4 is 4.90 Å². The predicted molar refractivity (Wildman–Crippen MR) is 133 cm³/mol. The van der Waals surface area contributed by atoms with Crippen molar-refractivity contribution in [1.82, 2.24) is 19.0 Å². The van der Waals surface area contributed by atoms with Gasteiger partial charge in [0.25, 0.3) is 0 Å². The SMILES string of the molecule is Cc1cccc(N2CCN(C(=O)CCn3nc(C)c(S(=O)(=O)N4CCCCC4)c3C)C[C@H]2C)c1. The first kappa shape index (κ1) is 24.7. The number of anilines is 1. The highest BCUT2D eigenvalue weighted by molar-refractivity contribution is 7.89. The van der Waals surface area contributed by atoms with E-state index < -0.39 is 10.0 Å². The Morgan fingerprint density at radius 1 is 1.06 bits per heavy atom. The highest BCUT2D eigenvalue weighted by atomic mass is 32.2. The molecule has 0 unspecified atom stereocenters. The molecule has 3 heterocycles. The molecule has 1 aromatic carbocycles. The Morgan fingerprint density at radius 3 is 2.47 bits per heavy atom. The summed E-state index contributed by atoms with van der Waals surface area (Å²) in [6.45, 7) is 11.5. The van der Waals surface area contributed by atoms with Crippen LogP contribution in [0.4, 0.5) is 5.69 Å². The molecule has 1 aromatic heterocycles. The van der Waals surface area contributed by atoms with Crippen LogP contribution in [0, 0.1) is 20.8 Å². The first-order valence-corrected chi connectivity index (χ1v) is 13.8. The monoisotopic (exact) mass is 487 g/mol. The third-order valence-electron chi connectivity index (χ3n) is 7.08. The van der Waals surface area contributed by atoms with Crippen LogP contribution >= 0.6 is 0 Å². The fourth-order valence-corrected chi connectivity index (χ4v) is 7.13. The van der Waals surface area contributed by atoms with Gasteiger partial charge in [-0.3, -0.25) is 9.48 Å². The Morgan fingerprint density at radius 2 is 1.79 bits per heavy atom. The van der Waals surface area contributed by atoms with Crippen molar-refractivity contribution in [3.8, 4) is 0 Å². The van der Waals surface area contributed by atoms with Gasteiger partial charge >= 0.3 is 0 Å². The Bertz CT molecular complexity index is 1140. The summed E-state index contributed by atoms with van der Waals surface area (Å²) in [6, 6.07) is 8.71. The number of sulfonamides is 1. The minimum absolute atomic E-state index is 0.0868. The number of nitrogens with zero attached hydrogens (tertiary/aromatic N) is 5. The van der Waals surface area contributed by atoms with Crippen LogP contribution in [0.3, 0.4) is 0 Å². The minimum atomic E-state index is -3.56. The number of amides is 1. The smallest absolute Gasteiger partial charge is 0.246 e. The number of hydrogen-bond donors (Lipinski definition) is 0. The summed E-state index contributed by atoms with van der Waals surface area (Å²) in [5.41, 5.74) is 3.56. The maximum absolute atomic E-state index is 13.2. The molecule has 0 bridgehead atoms. The van der Waals surface area contributed by atoms with E-state index in [-0.39, 0.29) is 11.9 Å². The van der Waals surface area contributed by atoms with Crippen molar-refractivity contribution in [2.24, 2.45) is 0 Å². The lowest BCUT2D eigenvalue weighted by molar-refractivity contribution is -0.132. The lowest BCUT2D eigenvalue weighted by Gasteiger charge is -2.41. The van der Waals surface area contributed by atoms with Crippen LogP contribution in [0.15, 0.2) is 29.2 Å². The van der Waals surface area contributed by atoms with Gasteiger partial charge < -0.3 is 9.80 Å². The number of hydrogen-bond acceptors (Lipinski definition) is 5. The van der Waals surface area contributed by atoms with Crippen molar-refractivity contribution < 1.29 is 13.2 Å². The molecule has 8 nitrogen and oxygen atoms in total. The zero-order valence-electron chi connectivity index (χ0n) is 20.8. The van der Waals surface area contributed by atoms with Gasteiger partial charge in [-0.15, -0.1) is 0 Å². The first-order chi connectivity index (χ1) is 16.2. The van der Waals surface area contributed by atoms with Crippen molar-refractivity contribution in [2.45, 2.75) is 70.9 Å². The lowest BCUT2D eigenvalue weighted by Crippen LogP contribution is -2.53. The van der Waals surface area contributed by atoms with E-state index in [1.165, 1.54) is 11.3 Å². The zero-order valence-corrected chi connectivity index (χ0v) is 21.6. The summed E-state index contributed by atoms with van der Waals surface area (Å²) in [4.78, 5) is 17.6. The van der Waals surface area contributed by atoms with Crippen molar-refractivity contribution in [3.05, 3.63) is 41.2 Å². The van der Waals surface area contributed by atoms with Crippen LogP contribution in [0.5, 0.6) is 0 Å². The summed E-state index contributed by atoms with van der Waals surface area (Å²) >= 11 is 0. The second-order valence-electron chi connectivity index (χ2n) is 9.66. The number of rotatable bonds is 6. The average Bonchev–Trinajstić information content (AvgIpc) is 3.11. The summed E-state index contributed by atoms with van der Waals surface area (Å²) in [7, 11) is -3.56. The molecule has 2 aliphatic heterocycles. The number of aryl methyl sites for hydroxylation is 3. The molecule has 186 valence electrons. The maximum Gasteiger partial charge on any atom is 0.246 e. The highest BCUT2D eigenvalue weighted by Crippen LogP contribution is 2.26. The van der Waals surface area contributed by atoms with Gasteiger partial charge in [-0.1, -0.05) is 18.6 Å². The van der Waals surface area contributed by atoms with E-state index in [0.29, 0.717) is 55.4 Å². The fraction of sp³-hybridized carbons (Fsp3) is 0.600. The van der Waals surface area contributed by atoms with E-state index in [0.717, 1.165) is 25.8 Å². The molecule has 1 atom stereocenters. The van der Waals surface area contributed by atoms with Gasteiger partial charge in [-0.05, 0) is 58.2 Å². The first-order valence-electron chi connectivity index (χ1n) is 12.3. The average molecular weight is 488 g/mol. The van der Waals surface area contributed by atoms with Crippen LogP contribution in [0.1, 0.15) is 49.6 Å². The quantitative estimate of drug-likeness (QED) is 0.626. The second-order valence-corrected chi connectivity index (χ2v) is 11.5. The molecule has 2 aliphatic rings. The summed E-state index contributed by atoms with van der Waals surface area (Å²) in [6.07, 6.45) is 3.18. The summed E-state index contributed by atoms with van der Waals surface area (Å²) in [5.74, 6) is 0.0868. The third kappa shape index (κ3) is 5.00. The van der Waals surface area contributed by atoms with E-state index in [1.54, 1.807) is 22.8 Å². The van der Waals surface area contributed by atoms with E-state index in [2.05, 4.69) is 48.1 Å². The molecule has 34 heavy (non-hydrogen) atoms. The molecule has 0 aliphatic carbocycles. The Kier molecular flexibility index (Phi) is 7.33. The molecule has 9 heteroatoms.